The Labute approximate surface area is 152 Å². The van der Waals surface area contributed by atoms with Crippen LogP contribution in [0.15, 0.2) is 41.2 Å². The fourth-order valence-corrected chi connectivity index (χ4v) is 3.45. The Morgan fingerprint density at radius 1 is 1.25 bits per heavy atom. The van der Waals surface area contributed by atoms with Gasteiger partial charge in [-0.25, -0.2) is 4.39 Å². The van der Waals surface area contributed by atoms with E-state index in [1.54, 1.807) is 11.0 Å². The van der Waals surface area contributed by atoms with Crippen LogP contribution < -0.4 is 5.32 Å². The first-order valence-corrected chi connectivity index (χ1v) is 8.70. The molecule has 2 aromatic rings. The largest absolute Gasteiger partial charge is 0.472 e. The lowest BCUT2D eigenvalue weighted by atomic mass is 10.0. The molecule has 7 heteroatoms. The molecule has 1 N–H and O–H groups in total. The van der Waals surface area contributed by atoms with E-state index >= 15 is 0 Å². The number of nitrogens with one attached hydrogen (secondary N) is 1. The molecule has 2 heterocycles. The summed E-state index contributed by atoms with van der Waals surface area (Å²) in [5.41, 5.74) is 1.01. The second-order valence-corrected chi connectivity index (χ2v) is 6.84. The number of likely N-dealkylation sites (tertiary alicyclic amines) is 1. The Balaban J connectivity index is 1.55. The standard InChI is InChI=1S/C17H16FIN2O3/c18-12-1-2-14(15(19)9-12)16(22)20-13-3-6-21(7-4-13)17(23)11-5-8-24-10-11/h1-2,5,8-10,13H,3-4,6-7H2,(H,20,22). The zero-order chi connectivity index (χ0) is 17.1. The predicted octanol–water partition coefficient (Wildman–Crippen LogP) is 3.06. The number of hydrogen-bond acceptors (Lipinski definition) is 3. The summed E-state index contributed by atoms with van der Waals surface area (Å²) in [7, 11) is 0. The molecule has 126 valence electrons. The van der Waals surface area contributed by atoms with Crippen LogP contribution in [0.3, 0.4) is 0 Å². The molecule has 2 amide bonds. The number of halogens is 2. The van der Waals surface area contributed by atoms with Crippen molar-refractivity contribution < 1.29 is 18.4 Å². The van der Waals surface area contributed by atoms with Crippen LogP contribution in [0.5, 0.6) is 0 Å². The monoisotopic (exact) mass is 442 g/mol. The van der Waals surface area contributed by atoms with E-state index in [1.807, 2.05) is 22.6 Å². The summed E-state index contributed by atoms with van der Waals surface area (Å²) in [6.45, 7) is 1.16. The van der Waals surface area contributed by atoms with E-state index in [2.05, 4.69) is 5.32 Å². The lowest BCUT2D eigenvalue weighted by Crippen LogP contribution is -2.46. The average Bonchev–Trinajstić information content (AvgIpc) is 3.09. The molecule has 0 aliphatic carbocycles. The van der Waals surface area contributed by atoms with Crippen molar-refractivity contribution in [3.05, 3.63) is 57.3 Å². The molecule has 1 aliphatic rings. The fourth-order valence-electron chi connectivity index (χ4n) is 2.73. The summed E-state index contributed by atoms with van der Waals surface area (Å²) >= 11 is 1.95. The molecule has 1 fully saturated rings. The van der Waals surface area contributed by atoms with E-state index in [4.69, 9.17) is 4.42 Å². The van der Waals surface area contributed by atoms with Gasteiger partial charge in [-0.3, -0.25) is 9.59 Å². The quantitative estimate of drug-likeness (QED) is 0.744. The summed E-state index contributed by atoms with van der Waals surface area (Å²) in [4.78, 5) is 26.3. The summed E-state index contributed by atoms with van der Waals surface area (Å²) in [5.74, 6) is -0.623. The van der Waals surface area contributed by atoms with Crippen molar-refractivity contribution in [2.45, 2.75) is 18.9 Å². The van der Waals surface area contributed by atoms with Crippen molar-refractivity contribution >= 4 is 34.4 Å². The zero-order valence-electron chi connectivity index (χ0n) is 12.8. The number of carbonyl (C=O) groups is 2. The lowest BCUT2D eigenvalue weighted by Gasteiger charge is -2.32. The molecule has 0 unspecified atom stereocenters. The number of amides is 2. The van der Waals surface area contributed by atoms with Crippen LogP contribution >= 0.6 is 22.6 Å². The average molecular weight is 442 g/mol. The maximum Gasteiger partial charge on any atom is 0.257 e. The Kier molecular flexibility index (Phi) is 5.17. The number of furan rings is 1. The number of piperidine rings is 1. The van der Waals surface area contributed by atoms with Crippen molar-refractivity contribution in [2.24, 2.45) is 0 Å². The molecule has 0 bridgehead atoms. The van der Waals surface area contributed by atoms with E-state index in [-0.39, 0.29) is 23.7 Å². The molecule has 1 aliphatic heterocycles. The van der Waals surface area contributed by atoms with Crippen LogP contribution in [0.2, 0.25) is 0 Å². The van der Waals surface area contributed by atoms with Gasteiger partial charge in [-0.1, -0.05) is 0 Å². The Bertz CT molecular complexity index is 740. The van der Waals surface area contributed by atoms with Crippen molar-refractivity contribution in [2.75, 3.05) is 13.1 Å². The molecule has 1 aromatic heterocycles. The minimum Gasteiger partial charge on any atom is -0.472 e. The first-order valence-electron chi connectivity index (χ1n) is 7.62. The van der Waals surface area contributed by atoms with Crippen molar-refractivity contribution in [1.29, 1.82) is 0 Å². The summed E-state index contributed by atoms with van der Waals surface area (Å²) in [6, 6.07) is 5.76. The maximum atomic E-state index is 13.1. The molecule has 0 atom stereocenters. The molecule has 1 saturated heterocycles. The maximum absolute atomic E-state index is 13.1. The van der Waals surface area contributed by atoms with Crippen molar-refractivity contribution in [3.63, 3.8) is 0 Å². The first kappa shape index (κ1) is 16.9. The van der Waals surface area contributed by atoms with Gasteiger partial charge >= 0.3 is 0 Å². The van der Waals surface area contributed by atoms with E-state index in [1.165, 1.54) is 30.7 Å². The molecule has 5 nitrogen and oxygen atoms in total. The highest BCUT2D eigenvalue weighted by atomic mass is 127. The minimum atomic E-state index is -0.359. The van der Waals surface area contributed by atoms with Crippen molar-refractivity contribution in [1.82, 2.24) is 10.2 Å². The molecule has 0 radical (unpaired) electrons. The first-order chi connectivity index (χ1) is 11.5. The summed E-state index contributed by atoms with van der Waals surface area (Å²) < 4.78 is 18.6. The zero-order valence-corrected chi connectivity index (χ0v) is 15.0. The van der Waals surface area contributed by atoms with E-state index in [0.717, 1.165) is 0 Å². The third-order valence-electron chi connectivity index (χ3n) is 4.06. The van der Waals surface area contributed by atoms with Crippen LogP contribution in [-0.4, -0.2) is 35.8 Å². The van der Waals surface area contributed by atoms with Gasteiger partial charge in [0.25, 0.3) is 11.8 Å². The minimum absolute atomic E-state index is 0.00625. The highest BCUT2D eigenvalue weighted by Gasteiger charge is 2.25. The van der Waals surface area contributed by atoms with Crippen LogP contribution in [0.4, 0.5) is 4.39 Å². The van der Waals surface area contributed by atoms with Crippen LogP contribution in [0.1, 0.15) is 33.6 Å². The Morgan fingerprint density at radius 2 is 2.00 bits per heavy atom. The smallest absolute Gasteiger partial charge is 0.257 e. The number of carbonyl (C=O) groups excluding carboxylic acids is 2. The summed E-state index contributed by atoms with van der Waals surface area (Å²) in [6.07, 6.45) is 4.29. The number of nitrogens with zero attached hydrogens (tertiary/aromatic N) is 1. The van der Waals surface area contributed by atoms with Gasteiger partial charge in [-0.15, -0.1) is 0 Å². The molecular weight excluding hydrogens is 426 g/mol. The molecule has 24 heavy (non-hydrogen) atoms. The normalized spacial score (nSPS) is 15.3. The van der Waals surface area contributed by atoms with Gasteiger partial charge in [-0.05, 0) is 59.7 Å². The van der Waals surface area contributed by atoms with Gasteiger partial charge in [-0.2, -0.15) is 0 Å². The predicted molar refractivity (Wildman–Crippen MR) is 94.2 cm³/mol. The topological polar surface area (TPSA) is 62.6 Å². The summed E-state index contributed by atoms with van der Waals surface area (Å²) in [5, 5.41) is 2.97. The van der Waals surface area contributed by atoms with Gasteiger partial charge in [0.1, 0.15) is 12.1 Å². The second-order valence-electron chi connectivity index (χ2n) is 5.68. The third kappa shape index (κ3) is 3.77. The van der Waals surface area contributed by atoms with E-state index < -0.39 is 0 Å². The van der Waals surface area contributed by atoms with Gasteiger partial charge in [0.15, 0.2) is 0 Å². The number of benzene rings is 1. The van der Waals surface area contributed by atoms with Crippen LogP contribution in [0, 0.1) is 9.39 Å². The number of rotatable bonds is 3. The molecule has 0 spiro atoms. The van der Waals surface area contributed by atoms with Crippen LogP contribution in [0.25, 0.3) is 0 Å². The highest BCUT2D eigenvalue weighted by Crippen LogP contribution is 2.17. The van der Waals surface area contributed by atoms with E-state index in [0.29, 0.717) is 40.6 Å². The van der Waals surface area contributed by atoms with E-state index in [9.17, 15) is 14.0 Å². The van der Waals surface area contributed by atoms with Gasteiger partial charge in [0.2, 0.25) is 0 Å². The van der Waals surface area contributed by atoms with Gasteiger partial charge < -0.3 is 14.6 Å². The van der Waals surface area contributed by atoms with Crippen LogP contribution in [-0.2, 0) is 0 Å². The third-order valence-corrected chi connectivity index (χ3v) is 4.95. The fraction of sp³-hybridized carbons (Fsp3) is 0.294. The lowest BCUT2D eigenvalue weighted by molar-refractivity contribution is 0.0697. The van der Waals surface area contributed by atoms with Gasteiger partial charge in [0.05, 0.1) is 17.4 Å². The Morgan fingerprint density at radius 3 is 2.62 bits per heavy atom. The molecule has 3 rings (SSSR count). The second kappa shape index (κ2) is 7.33. The number of hydrogen-bond donors (Lipinski definition) is 1. The highest BCUT2D eigenvalue weighted by molar-refractivity contribution is 14.1. The Hall–Kier alpha value is -1.90. The SMILES string of the molecule is O=C(NC1CCN(C(=O)c2ccoc2)CC1)c1ccc(F)cc1I. The van der Waals surface area contributed by atoms with Crippen molar-refractivity contribution in [3.8, 4) is 0 Å². The molecular formula is C17H16FIN2O3. The molecule has 0 saturated carbocycles. The molecule has 1 aromatic carbocycles. The van der Waals surface area contributed by atoms with Gasteiger partial charge in [0, 0.05) is 22.7 Å².